The molecule has 0 radical (unpaired) electrons. The molecule has 0 fully saturated rings. The molecule has 24 heavy (non-hydrogen) atoms. The van der Waals surface area contributed by atoms with Crippen LogP contribution in [0, 0.1) is 11.3 Å². The van der Waals surface area contributed by atoms with Gasteiger partial charge in [0, 0.05) is 5.69 Å². The zero-order chi connectivity index (χ0) is 17.6. The van der Waals surface area contributed by atoms with E-state index in [0.29, 0.717) is 17.0 Å². The van der Waals surface area contributed by atoms with Crippen LogP contribution in [0.1, 0.15) is 38.3 Å². The van der Waals surface area contributed by atoms with Gasteiger partial charge in [0.2, 0.25) is 0 Å². The molecule has 124 valence electrons. The second-order valence-electron chi connectivity index (χ2n) is 6.29. The van der Waals surface area contributed by atoms with Crippen LogP contribution >= 0.6 is 0 Å². The molecule has 0 saturated heterocycles. The van der Waals surface area contributed by atoms with Crippen molar-refractivity contribution in [3.63, 3.8) is 0 Å². The summed E-state index contributed by atoms with van der Waals surface area (Å²) in [5.74, 6) is 0.429. The first-order chi connectivity index (χ1) is 11.4. The predicted molar refractivity (Wildman–Crippen MR) is 95.0 cm³/mol. The van der Waals surface area contributed by atoms with Crippen LogP contribution in [0.15, 0.2) is 48.5 Å². The van der Waals surface area contributed by atoms with E-state index >= 15 is 0 Å². The standard InChI is InChI=1S/C20H22N2O2/c1-4-20(2,3)16-7-11-18(12-8-16)24-14-19(23)22-17-9-5-15(13-21)6-10-17/h5-12H,4,14H2,1-3H3,(H,22,23). The summed E-state index contributed by atoms with van der Waals surface area (Å²) in [5, 5.41) is 11.5. The van der Waals surface area contributed by atoms with Crippen molar-refractivity contribution >= 4 is 11.6 Å². The van der Waals surface area contributed by atoms with Crippen molar-refractivity contribution < 1.29 is 9.53 Å². The maximum atomic E-state index is 11.9. The van der Waals surface area contributed by atoms with E-state index in [4.69, 9.17) is 10.00 Å². The number of amides is 1. The van der Waals surface area contributed by atoms with Gasteiger partial charge in [-0.2, -0.15) is 5.26 Å². The smallest absolute Gasteiger partial charge is 0.262 e. The number of nitriles is 1. The third-order valence-electron chi connectivity index (χ3n) is 4.19. The van der Waals surface area contributed by atoms with Crippen molar-refractivity contribution in [1.29, 1.82) is 5.26 Å². The minimum absolute atomic E-state index is 0.0590. The summed E-state index contributed by atoms with van der Waals surface area (Å²) in [6.07, 6.45) is 1.06. The van der Waals surface area contributed by atoms with Crippen molar-refractivity contribution in [2.45, 2.75) is 32.6 Å². The second kappa shape index (κ2) is 7.65. The van der Waals surface area contributed by atoms with Crippen LogP contribution in [0.5, 0.6) is 5.75 Å². The third kappa shape index (κ3) is 4.60. The normalized spacial score (nSPS) is 10.8. The molecule has 0 heterocycles. The van der Waals surface area contributed by atoms with Gasteiger partial charge in [0.15, 0.2) is 6.61 Å². The first-order valence-corrected chi connectivity index (χ1v) is 7.98. The number of carbonyl (C=O) groups excluding carboxylic acids is 1. The lowest BCUT2D eigenvalue weighted by Gasteiger charge is -2.23. The maximum Gasteiger partial charge on any atom is 0.262 e. The number of hydrogen-bond acceptors (Lipinski definition) is 3. The quantitative estimate of drug-likeness (QED) is 0.864. The summed E-state index contributed by atoms with van der Waals surface area (Å²) in [7, 11) is 0. The minimum atomic E-state index is -0.238. The predicted octanol–water partition coefficient (Wildman–Crippen LogP) is 4.26. The van der Waals surface area contributed by atoms with Gasteiger partial charge in [-0.1, -0.05) is 32.9 Å². The maximum absolute atomic E-state index is 11.9. The van der Waals surface area contributed by atoms with Gasteiger partial charge >= 0.3 is 0 Å². The number of anilines is 1. The molecule has 0 bridgehead atoms. The van der Waals surface area contributed by atoms with E-state index in [2.05, 4.69) is 26.1 Å². The zero-order valence-corrected chi connectivity index (χ0v) is 14.3. The van der Waals surface area contributed by atoms with Crippen LogP contribution in [-0.2, 0) is 10.2 Å². The Hall–Kier alpha value is -2.80. The first-order valence-electron chi connectivity index (χ1n) is 7.98. The van der Waals surface area contributed by atoms with Crippen molar-refractivity contribution in [3.8, 4) is 11.8 Å². The number of rotatable bonds is 6. The molecule has 2 rings (SSSR count). The van der Waals surface area contributed by atoms with E-state index in [1.165, 1.54) is 5.56 Å². The SMILES string of the molecule is CCC(C)(C)c1ccc(OCC(=O)Nc2ccc(C#N)cc2)cc1. The molecule has 0 unspecified atom stereocenters. The van der Waals surface area contributed by atoms with Crippen molar-refractivity contribution in [2.75, 3.05) is 11.9 Å². The van der Waals surface area contributed by atoms with Gasteiger partial charge in [0.25, 0.3) is 5.91 Å². The molecule has 4 heteroatoms. The molecule has 0 saturated carbocycles. The fraction of sp³-hybridized carbons (Fsp3) is 0.300. The summed E-state index contributed by atoms with van der Waals surface area (Å²) in [5.41, 5.74) is 2.58. The molecule has 0 aliphatic rings. The topological polar surface area (TPSA) is 62.1 Å². The average Bonchev–Trinajstić information content (AvgIpc) is 2.61. The number of benzene rings is 2. The molecule has 0 aromatic heterocycles. The van der Waals surface area contributed by atoms with Gasteiger partial charge in [-0.3, -0.25) is 4.79 Å². The molecular formula is C20H22N2O2. The van der Waals surface area contributed by atoms with Crippen molar-refractivity contribution in [2.24, 2.45) is 0 Å². The molecule has 0 aliphatic heterocycles. The lowest BCUT2D eigenvalue weighted by atomic mass is 9.82. The lowest BCUT2D eigenvalue weighted by molar-refractivity contribution is -0.118. The molecule has 0 atom stereocenters. The van der Waals surface area contributed by atoms with Crippen molar-refractivity contribution in [1.82, 2.24) is 0 Å². The highest BCUT2D eigenvalue weighted by Gasteiger charge is 2.17. The van der Waals surface area contributed by atoms with Gasteiger partial charge < -0.3 is 10.1 Å². The molecule has 0 aliphatic carbocycles. The van der Waals surface area contributed by atoms with Gasteiger partial charge in [-0.05, 0) is 53.8 Å². The minimum Gasteiger partial charge on any atom is -0.484 e. The van der Waals surface area contributed by atoms with Crippen LogP contribution in [-0.4, -0.2) is 12.5 Å². The number of hydrogen-bond donors (Lipinski definition) is 1. The summed E-state index contributed by atoms with van der Waals surface area (Å²) < 4.78 is 5.52. The highest BCUT2D eigenvalue weighted by molar-refractivity contribution is 5.91. The Labute approximate surface area is 143 Å². The lowest BCUT2D eigenvalue weighted by Crippen LogP contribution is -2.20. The summed E-state index contributed by atoms with van der Waals surface area (Å²) >= 11 is 0. The zero-order valence-electron chi connectivity index (χ0n) is 14.3. The van der Waals surface area contributed by atoms with Crippen LogP contribution < -0.4 is 10.1 Å². The van der Waals surface area contributed by atoms with Crippen LogP contribution in [0.3, 0.4) is 0 Å². The Bertz CT molecular complexity index is 726. The Kier molecular flexibility index (Phi) is 5.59. The molecule has 4 nitrogen and oxygen atoms in total. The summed E-state index contributed by atoms with van der Waals surface area (Å²) in [6, 6.07) is 16.6. The fourth-order valence-electron chi connectivity index (χ4n) is 2.18. The fourth-order valence-corrected chi connectivity index (χ4v) is 2.18. The largest absolute Gasteiger partial charge is 0.484 e. The number of ether oxygens (including phenoxy) is 1. The van der Waals surface area contributed by atoms with Crippen LogP contribution in [0.25, 0.3) is 0 Å². The van der Waals surface area contributed by atoms with Gasteiger partial charge in [-0.15, -0.1) is 0 Å². The molecule has 1 amide bonds. The molecule has 0 spiro atoms. The van der Waals surface area contributed by atoms with Gasteiger partial charge in [0.1, 0.15) is 5.75 Å². The van der Waals surface area contributed by atoms with E-state index in [0.717, 1.165) is 6.42 Å². The van der Waals surface area contributed by atoms with E-state index in [9.17, 15) is 4.79 Å². The Balaban J connectivity index is 1.88. The summed E-state index contributed by atoms with van der Waals surface area (Å²) in [6.45, 7) is 6.51. The number of carbonyl (C=O) groups is 1. The molecule has 2 aromatic rings. The number of nitrogens with zero attached hydrogens (tertiary/aromatic N) is 1. The average molecular weight is 322 g/mol. The third-order valence-corrected chi connectivity index (χ3v) is 4.19. The highest BCUT2D eigenvalue weighted by atomic mass is 16.5. The Morgan fingerprint density at radius 3 is 2.29 bits per heavy atom. The molecule has 2 aromatic carbocycles. The second-order valence-corrected chi connectivity index (χ2v) is 6.29. The van der Waals surface area contributed by atoms with E-state index in [1.807, 2.05) is 30.3 Å². The highest BCUT2D eigenvalue weighted by Crippen LogP contribution is 2.28. The van der Waals surface area contributed by atoms with E-state index in [-0.39, 0.29) is 17.9 Å². The van der Waals surface area contributed by atoms with Crippen molar-refractivity contribution in [3.05, 3.63) is 59.7 Å². The van der Waals surface area contributed by atoms with Crippen LogP contribution in [0.2, 0.25) is 0 Å². The molecular weight excluding hydrogens is 300 g/mol. The van der Waals surface area contributed by atoms with Gasteiger partial charge in [-0.25, -0.2) is 0 Å². The monoisotopic (exact) mass is 322 g/mol. The van der Waals surface area contributed by atoms with E-state index < -0.39 is 0 Å². The Morgan fingerprint density at radius 2 is 1.75 bits per heavy atom. The van der Waals surface area contributed by atoms with E-state index in [1.54, 1.807) is 24.3 Å². The number of nitrogens with one attached hydrogen (secondary N) is 1. The van der Waals surface area contributed by atoms with Gasteiger partial charge in [0.05, 0.1) is 11.6 Å². The van der Waals surface area contributed by atoms with Crippen LogP contribution in [0.4, 0.5) is 5.69 Å². The first kappa shape index (κ1) is 17.6. The Morgan fingerprint density at radius 1 is 1.12 bits per heavy atom. The molecule has 1 N–H and O–H groups in total. The summed E-state index contributed by atoms with van der Waals surface area (Å²) in [4.78, 5) is 11.9.